The molecular weight excluding hydrogens is 324 g/mol. The highest BCUT2D eigenvalue weighted by Crippen LogP contribution is 2.40. The Balaban J connectivity index is 1.70. The molecule has 0 radical (unpaired) electrons. The minimum Gasteiger partial charge on any atom is -0.381 e. The number of ether oxygens (including phenoxy) is 1. The number of hydrogen-bond acceptors (Lipinski definition) is 4. The molecule has 0 bridgehead atoms. The fourth-order valence-electron chi connectivity index (χ4n) is 4.43. The van der Waals surface area contributed by atoms with Crippen molar-refractivity contribution in [3.63, 3.8) is 0 Å². The van der Waals surface area contributed by atoms with Gasteiger partial charge < -0.3 is 4.74 Å². The zero-order valence-corrected chi connectivity index (χ0v) is 15.5. The van der Waals surface area contributed by atoms with Gasteiger partial charge in [0.05, 0.1) is 11.4 Å². The first-order chi connectivity index (χ1) is 12.7. The van der Waals surface area contributed by atoms with Gasteiger partial charge in [0.25, 0.3) is 0 Å². The number of benzene rings is 1. The summed E-state index contributed by atoms with van der Waals surface area (Å²) < 4.78 is 7.47. The average molecular weight is 350 g/mol. The van der Waals surface area contributed by atoms with Gasteiger partial charge in [0.2, 0.25) is 0 Å². The van der Waals surface area contributed by atoms with E-state index in [-0.39, 0.29) is 0 Å². The van der Waals surface area contributed by atoms with Crippen molar-refractivity contribution in [1.29, 1.82) is 0 Å². The molecule has 1 aromatic heterocycles. The summed E-state index contributed by atoms with van der Waals surface area (Å²) >= 11 is 0. The van der Waals surface area contributed by atoms with Crippen LogP contribution in [0.3, 0.4) is 0 Å². The van der Waals surface area contributed by atoms with Gasteiger partial charge in [-0.1, -0.05) is 41.6 Å². The number of hydrogen-bond donors (Lipinski definition) is 0. The summed E-state index contributed by atoms with van der Waals surface area (Å²) in [7, 11) is 1.95. The van der Waals surface area contributed by atoms with E-state index in [9.17, 15) is 0 Å². The molecular formula is C21H26N4O. The summed E-state index contributed by atoms with van der Waals surface area (Å²) in [4.78, 5) is 4.73. The first-order valence-electron chi connectivity index (χ1n) is 9.45. The van der Waals surface area contributed by atoms with E-state index < -0.39 is 0 Å². The van der Waals surface area contributed by atoms with Crippen molar-refractivity contribution in [2.75, 3.05) is 19.8 Å². The van der Waals surface area contributed by atoms with Gasteiger partial charge in [-0.25, -0.2) is 4.68 Å². The van der Waals surface area contributed by atoms with Crippen LogP contribution < -0.4 is 0 Å². The number of aliphatic imine (C=N–C) groups is 1. The van der Waals surface area contributed by atoms with Gasteiger partial charge in [0.1, 0.15) is 0 Å². The quantitative estimate of drug-likeness (QED) is 0.849. The van der Waals surface area contributed by atoms with Gasteiger partial charge >= 0.3 is 0 Å². The maximum atomic E-state index is 5.62. The highest BCUT2D eigenvalue weighted by atomic mass is 16.5. The number of allylic oxidation sites excluding steroid dienone is 1. The summed E-state index contributed by atoms with van der Waals surface area (Å²) in [5, 5.41) is 8.36. The van der Waals surface area contributed by atoms with E-state index in [1.165, 1.54) is 5.56 Å². The molecule has 1 unspecified atom stereocenters. The van der Waals surface area contributed by atoms with E-state index in [0.29, 0.717) is 17.8 Å². The molecule has 3 heterocycles. The number of aryl methyl sites for hydroxylation is 2. The molecule has 1 fully saturated rings. The Hall–Kier alpha value is -2.27. The lowest BCUT2D eigenvalue weighted by Gasteiger charge is -2.35. The fraction of sp³-hybridized carbons (Fsp3) is 0.476. The average Bonchev–Trinajstić information content (AvgIpc) is 3.02. The van der Waals surface area contributed by atoms with Crippen LogP contribution in [0.5, 0.6) is 0 Å². The lowest BCUT2D eigenvalue weighted by Crippen LogP contribution is -2.29. The number of rotatable bonds is 4. The van der Waals surface area contributed by atoms with Crippen molar-refractivity contribution in [3.05, 3.63) is 53.4 Å². The molecule has 2 atom stereocenters. The van der Waals surface area contributed by atoms with Gasteiger partial charge in [0, 0.05) is 44.5 Å². The number of dihydropyridines is 1. The van der Waals surface area contributed by atoms with Crippen LogP contribution in [0.15, 0.2) is 41.4 Å². The SMILES string of the molecule is Cc1nnn(C)c1C1=C[C@@H](C(c2ccccc2)C2CCOCC2)CN=C1. The zero-order valence-electron chi connectivity index (χ0n) is 15.5. The van der Waals surface area contributed by atoms with Crippen molar-refractivity contribution >= 4 is 11.8 Å². The van der Waals surface area contributed by atoms with E-state index in [0.717, 1.165) is 49.6 Å². The molecule has 2 aliphatic heterocycles. The third-order valence-electron chi connectivity index (χ3n) is 5.63. The number of nitrogens with zero attached hydrogens (tertiary/aromatic N) is 4. The lowest BCUT2D eigenvalue weighted by molar-refractivity contribution is 0.0532. The van der Waals surface area contributed by atoms with Crippen LogP contribution in [0, 0.1) is 18.8 Å². The molecule has 1 saturated heterocycles. The Bertz CT molecular complexity index is 783. The van der Waals surface area contributed by atoms with Crippen molar-refractivity contribution in [2.45, 2.75) is 25.7 Å². The van der Waals surface area contributed by atoms with E-state index >= 15 is 0 Å². The molecule has 5 heteroatoms. The topological polar surface area (TPSA) is 52.3 Å². The van der Waals surface area contributed by atoms with Crippen LogP contribution in [-0.2, 0) is 11.8 Å². The molecule has 0 amide bonds. The standard InChI is InChI=1S/C21H26N4O/c1-15-21(25(2)24-23-15)19-12-18(13-22-14-19)20(16-6-4-3-5-7-16)17-8-10-26-11-9-17/h3-7,12,14,17-18,20H,8-11,13H2,1-2H3/t18-,20?/m1/s1. The van der Waals surface area contributed by atoms with E-state index in [1.807, 2.05) is 24.9 Å². The van der Waals surface area contributed by atoms with Crippen molar-refractivity contribution in [3.8, 4) is 0 Å². The lowest BCUT2D eigenvalue weighted by atomic mass is 9.72. The molecule has 0 saturated carbocycles. The summed E-state index contributed by atoms with van der Waals surface area (Å²) in [5.41, 5.74) is 4.57. The molecule has 4 rings (SSSR count). The molecule has 5 nitrogen and oxygen atoms in total. The fourth-order valence-corrected chi connectivity index (χ4v) is 4.43. The Kier molecular flexibility index (Phi) is 4.98. The van der Waals surface area contributed by atoms with Gasteiger partial charge in [-0.2, -0.15) is 0 Å². The second-order valence-corrected chi connectivity index (χ2v) is 7.31. The third kappa shape index (κ3) is 3.36. The monoisotopic (exact) mass is 350 g/mol. The Morgan fingerprint density at radius 2 is 1.92 bits per heavy atom. The minimum absolute atomic E-state index is 0.384. The van der Waals surface area contributed by atoms with E-state index in [1.54, 1.807) is 0 Å². The normalized spacial score (nSPS) is 22.2. The summed E-state index contributed by atoms with van der Waals surface area (Å²) in [6, 6.07) is 10.9. The summed E-state index contributed by atoms with van der Waals surface area (Å²) in [5.74, 6) is 1.48. The first kappa shape index (κ1) is 17.2. The van der Waals surface area contributed by atoms with Crippen LogP contribution in [-0.4, -0.2) is 41.0 Å². The Labute approximate surface area is 154 Å². The van der Waals surface area contributed by atoms with Crippen LogP contribution in [0.2, 0.25) is 0 Å². The maximum Gasteiger partial charge on any atom is 0.0923 e. The molecule has 0 aliphatic carbocycles. The van der Waals surface area contributed by atoms with Crippen LogP contribution in [0.1, 0.15) is 35.7 Å². The van der Waals surface area contributed by atoms with Gasteiger partial charge in [-0.3, -0.25) is 4.99 Å². The first-order valence-corrected chi connectivity index (χ1v) is 9.45. The van der Waals surface area contributed by atoms with Crippen LogP contribution in [0.4, 0.5) is 0 Å². The smallest absolute Gasteiger partial charge is 0.0923 e. The van der Waals surface area contributed by atoms with Crippen molar-refractivity contribution in [2.24, 2.45) is 23.9 Å². The van der Waals surface area contributed by atoms with E-state index in [2.05, 4.69) is 46.7 Å². The minimum atomic E-state index is 0.384. The molecule has 0 N–H and O–H groups in total. The molecule has 2 aliphatic rings. The molecule has 2 aromatic rings. The summed E-state index contributed by atoms with van der Waals surface area (Å²) in [6.07, 6.45) is 6.62. The Morgan fingerprint density at radius 1 is 1.15 bits per heavy atom. The molecule has 26 heavy (non-hydrogen) atoms. The molecule has 136 valence electrons. The zero-order chi connectivity index (χ0) is 17.9. The van der Waals surface area contributed by atoms with Gasteiger partial charge in [0.15, 0.2) is 0 Å². The van der Waals surface area contributed by atoms with Gasteiger partial charge in [-0.15, -0.1) is 5.10 Å². The van der Waals surface area contributed by atoms with Crippen molar-refractivity contribution < 1.29 is 4.74 Å². The highest BCUT2D eigenvalue weighted by molar-refractivity contribution is 6.10. The third-order valence-corrected chi connectivity index (χ3v) is 5.63. The predicted molar refractivity (Wildman–Crippen MR) is 103 cm³/mol. The van der Waals surface area contributed by atoms with Gasteiger partial charge in [-0.05, 0) is 37.2 Å². The van der Waals surface area contributed by atoms with Crippen LogP contribution >= 0.6 is 0 Å². The van der Waals surface area contributed by atoms with E-state index in [4.69, 9.17) is 9.73 Å². The van der Waals surface area contributed by atoms with Crippen molar-refractivity contribution in [1.82, 2.24) is 15.0 Å². The summed E-state index contributed by atoms with van der Waals surface area (Å²) in [6.45, 7) is 4.58. The Morgan fingerprint density at radius 3 is 2.62 bits per heavy atom. The van der Waals surface area contributed by atoms with Crippen LogP contribution in [0.25, 0.3) is 5.57 Å². The maximum absolute atomic E-state index is 5.62. The highest BCUT2D eigenvalue weighted by Gasteiger charge is 2.32. The second-order valence-electron chi connectivity index (χ2n) is 7.31. The largest absolute Gasteiger partial charge is 0.381 e. The number of aromatic nitrogens is 3. The molecule has 1 aromatic carbocycles. The predicted octanol–water partition coefficient (Wildman–Crippen LogP) is 3.42. The second kappa shape index (κ2) is 7.54. The molecule has 0 spiro atoms.